The summed E-state index contributed by atoms with van der Waals surface area (Å²) in [5, 5.41) is 2.79. The Morgan fingerprint density at radius 2 is 1.81 bits per heavy atom. The Kier molecular flexibility index (Phi) is 3.59. The van der Waals surface area contributed by atoms with Gasteiger partial charge in [-0.3, -0.25) is 19.3 Å². The normalized spacial score (nSPS) is 33.2. The van der Waals surface area contributed by atoms with Crippen LogP contribution in [0.1, 0.15) is 26.7 Å². The van der Waals surface area contributed by atoms with Crippen LogP contribution in [0.5, 0.6) is 0 Å². The molecule has 5 heteroatoms. The summed E-state index contributed by atoms with van der Waals surface area (Å²) >= 11 is 0. The zero-order chi connectivity index (χ0) is 15.1. The number of hydrogen-bond acceptors (Lipinski definition) is 3. The molecule has 2 fully saturated rings. The lowest BCUT2D eigenvalue weighted by Crippen LogP contribution is -2.42. The molecule has 3 rings (SSSR count). The molecule has 0 spiro atoms. The van der Waals surface area contributed by atoms with Crippen molar-refractivity contribution in [2.45, 2.75) is 26.7 Å². The molecule has 3 aliphatic rings. The number of hydrogen-bond donors (Lipinski definition) is 1. The molecule has 2 aliphatic carbocycles. The van der Waals surface area contributed by atoms with Gasteiger partial charge in [0.15, 0.2) is 0 Å². The van der Waals surface area contributed by atoms with Crippen LogP contribution >= 0.6 is 0 Å². The minimum Gasteiger partial charge on any atom is -0.355 e. The number of amides is 3. The molecular formula is C16H22N2O3. The number of likely N-dealkylation sites (tertiary alicyclic amines) is 1. The molecule has 0 radical (unpaired) electrons. The third-order valence-corrected chi connectivity index (χ3v) is 4.91. The van der Waals surface area contributed by atoms with Crippen molar-refractivity contribution in [1.82, 2.24) is 10.2 Å². The number of carbonyl (C=O) groups is 3. The molecular weight excluding hydrogens is 268 g/mol. The van der Waals surface area contributed by atoms with Gasteiger partial charge in [0.1, 0.15) is 6.54 Å². The molecule has 0 unspecified atom stereocenters. The first kappa shape index (κ1) is 14.3. The molecule has 3 amide bonds. The van der Waals surface area contributed by atoms with Crippen LogP contribution in [-0.2, 0) is 14.4 Å². The van der Waals surface area contributed by atoms with Gasteiger partial charge in [0.2, 0.25) is 17.7 Å². The largest absolute Gasteiger partial charge is 0.355 e. The molecule has 2 bridgehead atoms. The molecule has 5 nitrogen and oxygen atoms in total. The molecule has 0 aromatic rings. The number of fused-ring (bicyclic) bond motifs is 5. The van der Waals surface area contributed by atoms with Crippen molar-refractivity contribution in [1.29, 1.82) is 0 Å². The predicted molar refractivity (Wildman–Crippen MR) is 76.9 cm³/mol. The number of imide groups is 1. The van der Waals surface area contributed by atoms with Crippen LogP contribution in [0, 0.1) is 29.6 Å². The van der Waals surface area contributed by atoms with E-state index in [4.69, 9.17) is 0 Å². The smallest absolute Gasteiger partial charge is 0.240 e. The lowest BCUT2D eigenvalue weighted by atomic mass is 9.85. The van der Waals surface area contributed by atoms with Gasteiger partial charge in [-0.2, -0.15) is 0 Å². The van der Waals surface area contributed by atoms with Crippen LogP contribution in [0.2, 0.25) is 0 Å². The Hall–Kier alpha value is -1.65. The van der Waals surface area contributed by atoms with Gasteiger partial charge in [-0.15, -0.1) is 0 Å². The van der Waals surface area contributed by atoms with Crippen molar-refractivity contribution < 1.29 is 14.4 Å². The van der Waals surface area contributed by atoms with Crippen molar-refractivity contribution >= 4 is 17.7 Å². The topological polar surface area (TPSA) is 66.5 Å². The number of nitrogens with one attached hydrogen (secondary N) is 1. The monoisotopic (exact) mass is 290 g/mol. The van der Waals surface area contributed by atoms with Gasteiger partial charge in [-0.25, -0.2) is 0 Å². The second-order valence-corrected chi connectivity index (χ2v) is 6.79. The van der Waals surface area contributed by atoms with Gasteiger partial charge in [0, 0.05) is 6.54 Å². The van der Waals surface area contributed by atoms with Gasteiger partial charge in [-0.05, 0) is 30.6 Å². The maximum atomic E-state index is 12.4. The first-order chi connectivity index (χ1) is 9.99. The van der Waals surface area contributed by atoms with Gasteiger partial charge in [0.05, 0.1) is 11.8 Å². The maximum absolute atomic E-state index is 12.4. The summed E-state index contributed by atoms with van der Waals surface area (Å²) in [4.78, 5) is 37.9. The molecule has 21 heavy (non-hydrogen) atoms. The van der Waals surface area contributed by atoms with Crippen molar-refractivity contribution in [3.63, 3.8) is 0 Å². The minimum absolute atomic E-state index is 0.123. The van der Waals surface area contributed by atoms with Gasteiger partial charge in [0.25, 0.3) is 0 Å². The Labute approximate surface area is 124 Å². The molecule has 1 saturated heterocycles. The van der Waals surface area contributed by atoms with Crippen LogP contribution in [0.25, 0.3) is 0 Å². The van der Waals surface area contributed by atoms with Gasteiger partial charge < -0.3 is 5.32 Å². The third-order valence-electron chi connectivity index (χ3n) is 4.91. The van der Waals surface area contributed by atoms with E-state index in [0.29, 0.717) is 12.5 Å². The average Bonchev–Trinajstić information content (AvgIpc) is 3.08. The van der Waals surface area contributed by atoms with E-state index in [2.05, 4.69) is 31.3 Å². The number of allylic oxidation sites excluding steroid dienone is 2. The Bertz CT molecular complexity index is 482. The summed E-state index contributed by atoms with van der Waals surface area (Å²) in [7, 11) is 0. The van der Waals surface area contributed by atoms with E-state index in [0.717, 1.165) is 12.8 Å². The lowest BCUT2D eigenvalue weighted by molar-refractivity contribution is -0.144. The highest BCUT2D eigenvalue weighted by atomic mass is 16.2. The molecule has 0 aromatic heterocycles. The van der Waals surface area contributed by atoms with Crippen molar-refractivity contribution in [2.75, 3.05) is 13.1 Å². The fraction of sp³-hybridized carbons (Fsp3) is 0.688. The van der Waals surface area contributed by atoms with Crippen molar-refractivity contribution in [3.8, 4) is 0 Å². The fourth-order valence-electron chi connectivity index (χ4n) is 3.82. The van der Waals surface area contributed by atoms with Crippen LogP contribution in [0.3, 0.4) is 0 Å². The Morgan fingerprint density at radius 3 is 2.33 bits per heavy atom. The van der Waals surface area contributed by atoms with E-state index in [9.17, 15) is 14.4 Å². The number of nitrogens with zero attached hydrogens (tertiary/aromatic N) is 1. The first-order valence-electron chi connectivity index (χ1n) is 7.79. The second kappa shape index (κ2) is 5.28. The van der Waals surface area contributed by atoms with Crippen molar-refractivity contribution in [2.24, 2.45) is 29.6 Å². The van der Waals surface area contributed by atoms with Crippen LogP contribution < -0.4 is 5.32 Å². The second-order valence-electron chi connectivity index (χ2n) is 6.79. The summed E-state index contributed by atoms with van der Waals surface area (Å²) in [5.41, 5.74) is 0. The van der Waals surface area contributed by atoms with Crippen LogP contribution in [0.4, 0.5) is 0 Å². The van der Waals surface area contributed by atoms with E-state index in [1.54, 1.807) is 0 Å². The standard InChI is InChI=1S/C16H22N2O3/c1-9(2)5-6-17-12(19)8-18-15(20)13-10-3-4-11(7-10)14(13)16(18)21/h3-4,9-11,13-14H,5-8H2,1-2H3,(H,17,19)/t10-,11-,13+,14+/m0/s1. The molecule has 0 aromatic carbocycles. The molecule has 1 heterocycles. The number of rotatable bonds is 5. The van der Waals surface area contributed by atoms with Crippen molar-refractivity contribution in [3.05, 3.63) is 12.2 Å². The summed E-state index contributed by atoms with van der Waals surface area (Å²) in [6.07, 6.45) is 5.93. The molecule has 1 saturated carbocycles. The highest BCUT2D eigenvalue weighted by Crippen LogP contribution is 2.52. The zero-order valence-corrected chi connectivity index (χ0v) is 12.5. The molecule has 4 atom stereocenters. The quantitative estimate of drug-likeness (QED) is 0.606. The molecule has 114 valence electrons. The van der Waals surface area contributed by atoms with Gasteiger partial charge in [-0.1, -0.05) is 26.0 Å². The predicted octanol–water partition coefficient (Wildman–Crippen LogP) is 0.956. The zero-order valence-electron chi connectivity index (χ0n) is 12.5. The minimum atomic E-state index is -0.238. The number of carbonyl (C=O) groups excluding carboxylic acids is 3. The van der Waals surface area contributed by atoms with E-state index < -0.39 is 0 Å². The third kappa shape index (κ3) is 2.39. The van der Waals surface area contributed by atoms with E-state index >= 15 is 0 Å². The molecule has 1 aliphatic heterocycles. The first-order valence-corrected chi connectivity index (χ1v) is 7.79. The summed E-state index contributed by atoms with van der Waals surface area (Å²) < 4.78 is 0. The van der Waals surface area contributed by atoms with Crippen LogP contribution in [0.15, 0.2) is 12.2 Å². The summed E-state index contributed by atoms with van der Waals surface area (Å²) in [5.74, 6) is -0.0522. The van der Waals surface area contributed by atoms with Crippen LogP contribution in [-0.4, -0.2) is 35.7 Å². The highest BCUT2D eigenvalue weighted by molar-refractivity contribution is 6.08. The SMILES string of the molecule is CC(C)CCNC(=O)CN1C(=O)[C@H]2[C@H](C1=O)[C@H]1C=C[C@H]2C1. The Balaban J connectivity index is 1.59. The molecule has 1 N–H and O–H groups in total. The maximum Gasteiger partial charge on any atom is 0.240 e. The van der Waals surface area contributed by atoms with E-state index in [1.165, 1.54) is 4.90 Å². The van der Waals surface area contributed by atoms with Gasteiger partial charge >= 0.3 is 0 Å². The lowest BCUT2D eigenvalue weighted by Gasteiger charge is -2.17. The summed E-state index contributed by atoms with van der Waals surface area (Å²) in [6, 6.07) is 0. The van der Waals surface area contributed by atoms with E-state index in [-0.39, 0.29) is 47.9 Å². The Morgan fingerprint density at radius 1 is 1.24 bits per heavy atom. The fourth-order valence-corrected chi connectivity index (χ4v) is 3.82. The highest BCUT2D eigenvalue weighted by Gasteiger charge is 2.59. The van der Waals surface area contributed by atoms with E-state index in [1.807, 2.05) is 0 Å². The summed E-state index contributed by atoms with van der Waals surface area (Å²) in [6.45, 7) is 4.64. The average molecular weight is 290 g/mol.